The molecule has 1 N–H and O–H groups in total. The fourth-order valence-corrected chi connectivity index (χ4v) is 4.25. The Morgan fingerprint density at radius 1 is 1.29 bits per heavy atom. The average molecular weight is 474 g/mol. The van der Waals surface area contributed by atoms with Crippen LogP contribution in [0.25, 0.3) is 6.08 Å². The van der Waals surface area contributed by atoms with Crippen LogP contribution in [0.4, 0.5) is 13.2 Å². The lowest BCUT2D eigenvalue weighted by Crippen LogP contribution is -2.42. The Labute approximate surface area is 171 Å². The number of carbonyl (C=O) groups is 2. The van der Waals surface area contributed by atoms with Crippen LogP contribution in [0.5, 0.6) is 0 Å². The van der Waals surface area contributed by atoms with Gasteiger partial charge in [0.25, 0.3) is 0 Å². The highest BCUT2D eigenvalue weighted by molar-refractivity contribution is 9.11. The molecule has 1 aliphatic heterocycles. The van der Waals surface area contributed by atoms with Crippen molar-refractivity contribution in [3.05, 3.63) is 56.0 Å². The standard InChI is InChI=1S/C18H15BrF3N3O2S/c19-17-24-13-10-25(8-7-14(13)28-17)16(27)9-23-15(26)6-3-11-1-4-12(5-2-11)18(20,21)22/h1-6H,7-10H2,(H,23,26)/b6-3+. The van der Waals surface area contributed by atoms with E-state index in [4.69, 9.17) is 0 Å². The number of alkyl halides is 3. The van der Waals surface area contributed by atoms with E-state index in [-0.39, 0.29) is 12.5 Å². The predicted octanol–water partition coefficient (Wildman–Crippen LogP) is 3.64. The van der Waals surface area contributed by atoms with E-state index in [0.717, 1.165) is 33.0 Å². The second-order valence-corrected chi connectivity index (χ2v) is 8.43. The topological polar surface area (TPSA) is 62.3 Å². The van der Waals surface area contributed by atoms with Crippen molar-refractivity contribution in [1.29, 1.82) is 0 Å². The summed E-state index contributed by atoms with van der Waals surface area (Å²) >= 11 is 4.89. The van der Waals surface area contributed by atoms with Crippen LogP contribution in [0.2, 0.25) is 0 Å². The largest absolute Gasteiger partial charge is 0.416 e. The average Bonchev–Trinajstić information content (AvgIpc) is 3.03. The van der Waals surface area contributed by atoms with E-state index in [1.165, 1.54) is 24.3 Å². The van der Waals surface area contributed by atoms with Gasteiger partial charge in [-0.3, -0.25) is 9.59 Å². The van der Waals surface area contributed by atoms with Crippen molar-refractivity contribution in [2.24, 2.45) is 0 Å². The summed E-state index contributed by atoms with van der Waals surface area (Å²) in [7, 11) is 0. The van der Waals surface area contributed by atoms with Gasteiger partial charge < -0.3 is 10.2 Å². The Morgan fingerprint density at radius 3 is 2.68 bits per heavy atom. The summed E-state index contributed by atoms with van der Waals surface area (Å²) in [6.45, 7) is 0.822. The fraction of sp³-hybridized carbons (Fsp3) is 0.278. The quantitative estimate of drug-likeness (QED) is 0.689. The summed E-state index contributed by atoms with van der Waals surface area (Å²) in [5.74, 6) is -0.714. The Morgan fingerprint density at radius 2 is 2.00 bits per heavy atom. The van der Waals surface area contributed by atoms with E-state index >= 15 is 0 Å². The summed E-state index contributed by atoms with van der Waals surface area (Å²) in [6, 6.07) is 4.44. The third kappa shape index (κ3) is 5.20. The van der Waals surface area contributed by atoms with E-state index in [2.05, 4.69) is 26.2 Å². The van der Waals surface area contributed by atoms with E-state index in [0.29, 0.717) is 18.7 Å². The molecule has 3 rings (SSSR count). The molecule has 0 bridgehead atoms. The molecular formula is C18H15BrF3N3O2S. The minimum Gasteiger partial charge on any atom is -0.343 e. The summed E-state index contributed by atoms with van der Waals surface area (Å²) in [4.78, 5) is 31.3. The van der Waals surface area contributed by atoms with Gasteiger partial charge in [0.2, 0.25) is 11.8 Å². The third-order valence-electron chi connectivity index (χ3n) is 4.13. The van der Waals surface area contributed by atoms with Crippen molar-refractivity contribution in [1.82, 2.24) is 15.2 Å². The molecule has 2 amide bonds. The molecule has 148 valence electrons. The molecule has 1 aromatic heterocycles. The first kappa shape index (κ1) is 20.5. The van der Waals surface area contributed by atoms with Gasteiger partial charge in [0.15, 0.2) is 3.92 Å². The van der Waals surface area contributed by atoms with E-state index in [9.17, 15) is 22.8 Å². The number of nitrogens with one attached hydrogen (secondary N) is 1. The molecule has 2 aromatic rings. The number of hydrogen-bond acceptors (Lipinski definition) is 4. The number of benzene rings is 1. The predicted molar refractivity (Wildman–Crippen MR) is 102 cm³/mol. The van der Waals surface area contributed by atoms with E-state index < -0.39 is 17.6 Å². The zero-order valence-corrected chi connectivity index (χ0v) is 16.8. The summed E-state index contributed by atoms with van der Waals surface area (Å²) in [5.41, 5.74) is 0.564. The number of nitrogens with zero attached hydrogens (tertiary/aromatic N) is 2. The van der Waals surface area contributed by atoms with Crippen LogP contribution in [0.15, 0.2) is 34.3 Å². The van der Waals surface area contributed by atoms with Crippen molar-refractivity contribution in [3.8, 4) is 0 Å². The molecule has 0 radical (unpaired) electrons. The number of fused-ring (bicyclic) bond motifs is 1. The zero-order valence-electron chi connectivity index (χ0n) is 14.4. The number of thiazole rings is 1. The lowest BCUT2D eigenvalue weighted by molar-refractivity contribution is -0.137. The summed E-state index contributed by atoms with van der Waals surface area (Å²) < 4.78 is 38.4. The number of rotatable bonds is 4. The van der Waals surface area contributed by atoms with Crippen molar-refractivity contribution >= 4 is 45.2 Å². The van der Waals surface area contributed by atoms with Gasteiger partial charge in [-0.05, 0) is 39.7 Å². The number of carbonyl (C=O) groups excluding carboxylic acids is 2. The van der Waals surface area contributed by atoms with Gasteiger partial charge >= 0.3 is 6.18 Å². The third-order valence-corrected chi connectivity index (χ3v) is 5.74. The lowest BCUT2D eigenvalue weighted by Gasteiger charge is -2.26. The highest BCUT2D eigenvalue weighted by Gasteiger charge is 2.29. The van der Waals surface area contributed by atoms with Crippen molar-refractivity contribution in [3.63, 3.8) is 0 Å². The van der Waals surface area contributed by atoms with E-state index in [1.54, 1.807) is 16.2 Å². The monoisotopic (exact) mass is 473 g/mol. The Balaban J connectivity index is 1.49. The van der Waals surface area contributed by atoms with Crippen LogP contribution in [0, 0.1) is 0 Å². The maximum Gasteiger partial charge on any atom is 0.416 e. The van der Waals surface area contributed by atoms with Gasteiger partial charge in [-0.25, -0.2) is 4.98 Å². The number of halogens is 4. The van der Waals surface area contributed by atoms with Crippen LogP contribution in [-0.2, 0) is 28.7 Å². The van der Waals surface area contributed by atoms with Crippen LogP contribution in [0.3, 0.4) is 0 Å². The van der Waals surface area contributed by atoms with Crippen molar-refractivity contribution < 1.29 is 22.8 Å². The normalized spacial score (nSPS) is 14.2. The highest BCUT2D eigenvalue weighted by atomic mass is 79.9. The van der Waals surface area contributed by atoms with Crippen molar-refractivity contribution in [2.45, 2.75) is 19.1 Å². The lowest BCUT2D eigenvalue weighted by atomic mass is 10.1. The number of hydrogen-bond donors (Lipinski definition) is 1. The van der Waals surface area contributed by atoms with Gasteiger partial charge in [0.1, 0.15) is 0 Å². The molecule has 2 heterocycles. The van der Waals surface area contributed by atoms with Gasteiger partial charge in [0.05, 0.1) is 24.3 Å². The SMILES string of the molecule is O=C(/C=C/c1ccc(C(F)(F)F)cc1)NCC(=O)N1CCc2sc(Br)nc2C1. The molecule has 0 atom stereocenters. The highest BCUT2D eigenvalue weighted by Crippen LogP contribution is 2.29. The van der Waals surface area contributed by atoms with Gasteiger partial charge in [-0.1, -0.05) is 12.1 Å². The molecule has 28 heavy (non-hydrogen) atoms. The molecule has 10 heteroatoms. The van der Waals surface area contributed by atoms with Crippen molar-refractivity contribution in [2.75, 3.05) is 13.1 Å². The van der Waals surface area contributed by atoms with Crippen LogP contribution >= 0.6 is 27.3 Å². The second kappa shape index (κ2) is 8.44. The molecule has 1 aromatic carbocycles. The number of amides is 2. The molecule has 5 nitrogen and oxygen atoms in total. The molecule has 1 aliphatic rings. The molecule has 0 unspecified atom stereocenters. The first-order chi connectivity index (χ1) is 13.2. The van der Waals surface area contributed by atoms with Gasteiger partial charge in [0, 0.05) is 23.9 Å². The molecule has 0 fully saturated rings. The maximum absolute atomic E-state index is 12.5. The Bertz CT molecular complexity index is 910. The van der Waals surface area contributed by atoms with Crippen LogP contribution < -0.4 is 5.32 Å². The molecule has 0 aliphatic carbocycles. The Kier molecular flexibility index (Phi) is 6.19. The molecular weight excluding hydrogens is 459 g/mol. The van der Waals surface area contributed by atoms with Crippen LogP contribution in [0.1, 0.15) is 21.7 Å². The fourth-order valence-electron chi connectivity index (χ4n) is 2.67. The summed E-state index contributed by atoms with van der Waals surface area (Å²) in [6.07, 6.45) is -1.10. The molecule has 0 saturated heterocycles. The first-order valence-corrected chi connectivity index (χ1v) is 9.88. The van der Waals surface area contributed by atoms with Crippen LogP contribution in [-0.4, -0.2) is 34.8 Å². The number of aromatic nitrogens is 1. The Hall–Kier alpha value is -2.20. The van der Waals surface area contributed by atoms with Gasteiger partial charge in [-0.15, -0.1) is 11.3 Å². The second-order valence-electron chi connectivity index (χ2n) is 6.07. The summed E-state index contributed by atoms with van der Waals surface area (Å²) in [5, 5.41) is 2.49. The smallest absolute Gasteiger partial charge is 0.343 e. The maximum atomic E-state index is 12.5. The molecule has 0 saturated carbocycles. The first-order valence-electron chi connectivity index (χ1n) is 8.27. The molecule has 0 spiro atoms. The minimum atomic E-state index is -4.40. The van der Waals surface area contributed by atoms with Gasteiger partial charge in [-0.2, -0.15) is 13.2 Å². The minimum absolute atomic E-state index is 0.156. The zero-order chi connectivity index (χ0) is 20.3. The van der Waals surface area contributed by atoms with E-state index in [1.807, 2.05) is 0 Å².